The first kappa shape index (κ1) is 12.2. The topological polar surface area (TPSA) is 46.1 Å². The van der Waals surface area contributed by atoms with Crippen LogP contribution in [0, 0.1) is 0 Å². The molecule has 1 amide bonds. The van der Waals surface area contributed by atoms with Gasteiger partial charge in [0.25, 0.3) is 5.91 Å². The van der Waals surface area contributed by atoms with Crippen molar-refractivity contribution in [1.82, 2.24) is 15.2 Å². The number of aryl methyl sites for hydroxylation is 1. The maximum absolute atomic E-state index is 12.1. The van der Waals surface area contributed by atoms with Gasteiger partial charge in [-0.25, -0.2) is 0 Å². The number of rotatable bonds is 4. The van der Waals surface area contributed by atoms with Gasteiger partial charge in [0.1, 0.15) is 5.69 Å². The number of carbonyl (C=O) groups excluding carboxylic acids is 1. The molecule has 4 heteroatoms. The highest BCUT2D eigenvalue weighted by atomic mass is 16.2. The predicted molar refractivity (Wildman–Crippen MR) is 68.1 cm³/mol. The highest BCUT2D eigenvalue weighted by Gasteiger charge is 2.17. The van der Waals surface area contributed by atoms with Crippen molar-refractivity contribution in [2.45, 2.75) is 38.8 Å². The lowest BCUT2D eigenvalue weighted by atomic mass is 10.1. The fourth-order valence-electron chi connectivity index (χ4n) is 2.29. The van der Waals surface area contributed by atoms with E-state index in [1.165, 1.54) is 0 Å². The molecule has 2 rings (SSSR count). The van der Waals surface area contributed by atoms with E-state index in [1.807, 2.05) is 22.9 Å². The minimum Gasteiger partial charge on any atom is -0.347 e. The largest absolute Gasteiger partial charge is 0.347 e. The second kappa shape index (κ2) is 5.87. The highest BCUT2D eigenvalue weighted by Crippen LogP contribution is 2.06. The van der Waals surface area contributed by atoms with Crippen molar-refractivity contribution in [2.24, 2.45) is 0 Å². The summed E-state index contributed by atoms with van der Waals surface area (Å²) in [6.45, 7) is 4.98. The maximum atomic E-state index is 12.1. The third kappa shape index (κ3) is 3.09. The molecule has 0 spiro atoms. The fourth-order valence-corrected chi connectivity index (χ4v) is 2.29. The highest BCUT2D eigenvalue weighted by molar-refractivity contribution is 5.92. The second-order valence-corrected chi connectivity index (χ2v) is 4.60. The summed E-state index contributed by atoms with van der Waals surface area (Å²) in [7, 11) is 0. The van der Waals surface area contributed by atoms with Crippen molar-refractivity contribution in [1.29, 1.82) is 0 Å². The zero-order valence-corrected chi connectivity index (χ0v) is 10.4. The second-order valence-electron chi connectivity index (χ2n) is 4.60. The molecular formula is C13H21N3O. The molecule has 2 heterocycles. The first-order chi connectivity index (χ1) is 8.31. The SMILES string of the molecule is CCCn1cccc1C(=O)N[C@H]1CCCNC1. The third-order valence-corrected chi connectivity index (χ3v) is 3.16. The Balaban J connectivity index is 1.96. The van der Waals surface area contributed by atoms with E-state index in [9.17, 15) is 4.79 Å². The standard InChI is InChI=1S/C13H21N3O/c1-2-8-16-9-4-6-12(16)13(17)15-11-5-3-7-14-10-11/h4,6,9,11,14H,2-3,5,7-8,10H2,1H3,(H,15,17)/t11-/m0/s1. The van der Waals surface area contributed by atoms with E-state index in [4.69, 9.17) is 0 Å². The number of amides is 1. The van der Waals surface area contributed by atoms with E-state index in [0.717, 1.165) is 44.6 Å². The molecule has 2 N–H and O–H groups in total. The molecule has 1 aromatic heterocycles. The number of nitrogens with one attached hydrogen (secondary N) is 2. The van der Waals surface area contributed by atoms with Crippen molar-refractivity contribution in [3.05, 3.63) is 24.0 Å². The van der Waals surface area contributed by atoms with Gasteiger partial charge < -0.3 is 15.2 Å². The van der Waals surface area contributed by atoms with Gasteiger partial charge in [-0.15, -0.1) is 0 Å². The Hall–Kier alpha value is -1.29. The molecule has 0 bridgehead atoms. The van der Waals surface area contributed by atoms with E-state index in [-0.39, 0.29) is 11.9 Å². The zero-order chi connectivity index (χ0) is 12.1. The number of carbonyl (C=O) groups is 1. The van der Waals surface area contributed by atoms with Gasteiger partial charge in [-0.05, 0) is 37.9 Å². The van der Waals surface area contributed by atoms with E-state index in [0.29, 0.717) is 0 Å². The first-order valence-electron chi connectivity index (χ1n) is 6.48. The molecule has 1 aliphatic heterocycles. The molecular weight excluding hydrogens is 214 g/mol. The predicted octanol–water partition coefficient (Wildman–Crippen LogP) is 1.38. The van der Waals surface area contributed by atoms with Crippen LogP contribution in [0.5, 0.6) is 0 Å². The van der Waals surface area contributed by atoms with E-state index in [2.05, 4.69) is 17.6 Å². The number of aromatic nitrogens is 1. The normalized spacial score (nSPS) is 20.2. The number of piperidine rings is 1. The van der Waals surface area contributed by atoms with Crippen LogP contribution in [-0.2, 0) is 6.54 Å². The van der Waals surface area contributed by atoms with Gasteiger partial charge in [0.05, 0.1) is 0 Å². The Kier molecular flexibility index (Phi) is 4.20. The van der Waals surface area contributed by atoms with Crippen LogP contribution in [0.2, 0.25) is 0 Å². The lowest BCUT2D eigenvalue weighted by Crippen LogP contribution is -2.46. The van der Waals surface area contributed by atoms with Gasteiger partial charge in [-0.2, -0.15) is 0 Å². The first-order valence-corrected chi connectivity index (χ1v) is 6.48. The Morgan fingerprint density at radius 1 is 1.65 bits per heavy atom. The number of hydrogen-bond acceptors (Lipinski definition) is 2. The van der Waals surface area contributed by atoms with Crippen LogP contribution in [0.3, 0.4) is 0 Å². The molecule has 1 fully saturated rings. The number of hydrogen-bond donors (Lipinski definition) is 2. The summed E-state index contributed by atoms with van der Waals surface area (Å²) in [5.41, 5.74) is 0.775. The molecule has 0 aliphatic carbocycles. The van der Waals surface area contributed by atoms with Crippen molar-refractivity contribution < 1.29 is 4.79 Å². The van der Waals surface area contributed by atoms with Crippen LogP contribution >= 0.6 is 0 Å². The molecule has 0 aromatic carbocycles. The van der Waals surface area contributed by atoms with Crippen molar-refractivity contribution >= 4 is 5.91 Å². The van der Waals surface area contributed by atoms with Crippen molar-refractivity contribution in [3.8, 4) is 0 Å². The van der Waals surface area contributed by atoms with Gasteiger partial charge in [-0.1, -0.05) is 6.92 Å². The quantitative estimate of drug-likeness (QED) is 0.828. The molecule has 1 saturated heterocycles. The minimum absolute atomic E-state index is 0.0529. The average Bonchev–Trinajstić information content (AvgIpc) is 2.79. The van der Waals surface area contributed by atoms with Gasteiger partial charge >= 0.3 is 0 Å². The van der Waals surface area contributed by atoms with Crippen LogP contribution in [0.1, 0.15) is 36.7 Å². The van der Waals surface area contributed by atoms with Crippen LogP contribution in [0.4, 0.5) is 0 Å². The molecule has 0 radical (unpaired) electrons. The summed E-state index contributed by atoms with van der Waals surface area (Å²) in [6, 6.07) is 4.10. The maximum Gasteiger partial charge on any atom is 0.268 e. The monoisotopic (exact) mass is 235 g/mol. The van der Waals surface area contributed by atoms with Crippen LogP contribution in [0.15, 0.2) is 18.3 Å². The summed E-state index contributed by atoms with van der Waals surface area (Å²) in [4.78, 5) is 12.1. The Bertz CT molecular complexity index is 366. The summed E-state index contributed by atoms with van der Waals surface area (Å²) in [6.07, 6.45) is 5.23. The molecule has 1 aliphatic rings. The van der Waals surface area contributed by atoms with Gasteiger partial charge in [0.15, 0.2) is 0 Å². The summed E-state index contributed by atoms with van der Waals surface area (Å²) in [5.74, 6) is 0.0529. The van der Waals surface area contributed by atoms with Gasteiger partial charge in [0.2, 0.25) is 0 Å². The van der Waals surface area contributed by atoms with Crippen LogP contribution in [0.25, 0.3) is 0 Å². The Morgan fingerprint density at radius 3 is 3.24 bits per heavy atom. The summed E-state index contributed by atoms with van der Waals surface area (Å²) >= 11 is 0. The molecule has 1 aromatic rings. The lowest BCUT2D eigenvalue weighted by Gasteiger charge is -2.24. The Labute approximate surface area is 102 Å². The minimum atomic E-state index is 0.0529. The Morgan fingerprint density at radius 2 is 2.53 bits per heavy atom. The number of nitrogens with zero attached hydrogens (tertiary/aromatic N) is 1. The summed E-state index contributed by atoms with van der Waals surface area (Å²) < 4.78 is 2.02. The zero-order valence-electron chi connectivity index (χ0n) is 10.4. The molecule has 94 valence electrons. The lowest BCUT2D eigenvalue weighted by molar-refractivity contribution is 0.0921. The smallest absolute Gasteiger partial charge is 0.268 e. The van der Waals surface area contributed by atoms with Crippen molar-refractivity contribution in [3.63, 3.8) is 0 Å². The van der Waals surface area contributed by atoms with Gasteiger partial charge in [-0.3, -0.25) is 4.79 Å². The molecule has 1 atom stereocenters. The third-order valence-electron chi connectivity index (χ3n) is 3.16. The van der Waals surface area contributed by atoms with Gasteiger partial charge in [0, 0.05) is 25.3 Å². The molecule has 4 nitrogen and oxygen atoms in total. The average molecular weight is 235 g/mol. The molecule has 17 heavy (non-hydrogen) atoms. The molecule has 0 saturated carbocycles. The van der Waals surface area contributed by atoms with Crippen LogP contribution in [-0.4, -0.2) is 29.6 Å². The van der Waals surface area contributed by atoms with Crippen molar-refractivity contribution in [2.75, 3.05) is 13.1 Å². The van der Waals surface area contributed by atoms with E-state index in [1.54, 1.807) is 0 Å². The van der Waals surface area contributed by atoms with E-state index >= 15 is 0 Å². The van der Waals surface area contributed by atoms with Crippen LogP contribution < -0.4 is 10.6 Å². The molecule has 0 unspecified atom stereocenters. The summed E-state index contributed by atoms with van der Waals surface area (Å²) in [5, 5.41) is 6.40. The fraction of sp³-hybridized carbons (Fsp3) is 0.615. The van der Waals surface area contributed by atoms with E-state index < -0.39 is 0 Å².